The fourth-order valence-corrected chi connectivity index (χ4v) is 2.66. The van der Waals surface area contributed by atoms with Crippen molar-refractivity contribution in [3.63, 3.8) is 0 Å². The van der Waals surface area contributed by atoms with Crippen LogP contribution in [0.15, 0.2) is 24.4 Å². The van der Waals surface area contributed by atoms with Gasteiger partial charge in [0.2, 0.25) is 0 Å². The molecular formula is C19H27N3O2. The zero-order valence-electron chi connectivity index (χ0n) is 15.2. The highest BCUT2D eigenvalue weighted by Gasteiger charge is 2.15. The minimum atomic E-state index is -0.153. The Morgan fingerprint density at radius 2 is 2.12 bits per heavy atom. The molecule has 1 heterocycles. The van der Waals surface area contributed by atoms with Crippen LogP contribution in [0, 0.1) is 13.8 Å². The lowest BCUT2D eigenvalue weighted by Crippen LogP contribution is -2.15. The second kappa shape index (κ2) is 7.99. The van der Waals surface area contributed by atoms with Gasteiger partial charge in [0, 0.05) is 24.5 Å². The van der Waals surface area contributed by atoms with Crippen LogP contribution in [0.25, 0.3) is 0 Å². The van der Waals surface area contributed by atoms with E-state index in [0.717, 1.165) is 36.3 Å². The number of aryl methyl sites for hydroxylation is 2. The number of nitrogens with one attached hydrogen (secondary N) is 1. The Balaban J connectivity index is 2.12. The Kier molecular flexibility index (Phi) is 6.01. The molecule has 1 unspecified atom stereocenters. The standard InChI is InChI=1S/C19H27N3O2/c1-6-7-9-13(2)24-18-11-8-10-17(14(18)3)20-19(23)16-12-22(5)21-15(16)4/h8,10-13H,6-7,9H2,1-5H3,(H,20,23). The number of nitrogens with zero attached hydrogens (tertiary/aromatic N) is 2. The average Bonchev–Trinajstić information content (AvgIpc) is 2.88. The first-order chi connectivity index (χ1) is 11.4. The van der Waals surface area contributed by atoms with Crippen molar-refractivity contribution in [1.29, 1.82) is 0 Å². The molecule has 2 aromatic rings. The molecule has 0 fully saturated rings. The van der Waals surface area contributed by atoms with Gasteiger partial charge < -0.3 is 10.1 Å². The number of hydrogen-bond donors (Lipinski definition) is 1. The van der Waals surface area contributed by atoms with Gasteiger partial charge in [0.15, 0.2) is 0 Å². The molecule has 0 saturated carbocycles. The number of aromatic nitrogens is 2. The van der Waals surface area contributed by atoms with Gasteiger partial charge >= 0.3 is 0 Å². The Hall–Kier alpha value is -2.30. The summed E-state index contributed by atoms with van der Waals surface area (Å²) < 4.78 is 7.68. The fourth-order valence-electron chi connectivity index (χ4n) is 2.66. The number of amides is 1. The monoisotopic (exact) mass is 329 g/mol. The highest BCUT2D eigenvalue weighted by Crippen LogP contribution is 2.27. The van der Waals surface area contributed by atoms with Crippen LogP contribution in [0.3, 0.4) is 0 Å². The lowest BCUT2D eigenvalue weighted by Gasteiger charge is -2.18. The third-order valence-electron chi connectivity index (χ3n) is 4.08. The molecule has 0 aliphatic carbocycles. The first-order valence-electron chi connectivity index (χ1n) is 8.50. The van der Waals surface area contributed by atoms with Gasteiger partial charge in [0.25, 0.3) is 5.91 Å². The minimum Gasteiger partial charge on any atom is -0.490 e. The zero-order chi connectivity index (χ0) is 17.7. The van der Waals surface area contributed by atoms with Gasteiger partial charge in [0.1, 0.15) is 5.75 Å². The highest BCUT2D eigenvalue weighted by molar-refractivity contribution is 6.05. The van der Waals surface area contributed by atoms with Gasteiger partial charge in [0.05, 0.1) is 17.4 Å². The molecule has 0 aliphatic rings. The number of ether oxygens (including phenoxy) is 1. The van der Waals surface area contributed by atoms with Crippen molar-refractivity contribution >= 4 is 11.6 Å². The molecule has 1 N–H and O–H groups in total. The van der Waals surface area contributed by atoms with Crippen molar-refractivity contribution in [3.05, 3.63) is 41.2 Å². The highest BCUT2D eigenvalue weighted by atomic mass is 16.5. The molecule has 2 rings (SSSR count). The molecule has 5 heteroatoms. The van der Waals surface area contributed by atoms with Crippen molar-refractivity contribution in [3.8, 4) is 5.75 Å². The largest absolute Gasteiger partial charge is 0.490 e. The molecule has 0 saturated heterocycles. The Morgan fingerprint density at radius 3 is 2.75 bits per heavy atom. The van der Waals surface area contributed by atoms with Crippen molar-refractivity contribution < 1.29 is 9.53 Å². The maximum Gasteiger partial charge on any atom is 0.259 e. The van der Waals surface area contributed by atoms with Gasteiger partial charge in [-0.05, 0) is 39.3 Å². The molecule has 1 aromatic heterocycles. The second-order valence-electron chi connectivity index (χ2n) is 6.26. The summed E-state index contributed by atoms with van der Waals surface area (Å²) in [7, 11) is 1.81. The van der Waals surface area contributed by atoms with Crippen LogP contribution in [-0.2, 0) is 7.05 Å². The van der Waals surface area contributed by atoms with Crippen LogP contribution in [-0.4, -0.2) is 21.8 Å². The van der Waals surface area contributed by atoms with E-state index in [4.69, 9.17) is 4.74 Å². The maximum atomic E-state index is 12.5. The SMILES string of the molecule is CCCCC(C)Oc1cccc(NC(=O)c2cn(C)nc2C)c1C. The van der Waals surface area contributed by atoms with Gasteiger partial charge in [-0.15, -0.1) is 0 Å². The molecule has 24 heavy (non-hydrogen) atoms. The number of benzene rings is 1. The van der Waals surface area contributed by atoms with Gasteiger partial charge in [-0.2, -0.15) is 5.10 Å². The minimum absolute atomic E-state index is 0.153. The smallest absolute Gasteiger partial charge is 0.259 e. The lowest BCUT2D eigenvalue weighted by atomic mass is 10.1. The molecule has 1 aromatic carbocycles. The van der Waals surface area contributed by atoms with E-state index >= 15 is 0 Å². The van der Waals surface area contributed by atoms with Crippen molar-refractivity contribution in [2.45, 2.75) is 53.1 Å². The Labute approximate surface area is 144 Å². The molecule has 0 bridgehead atoms. The summed E-state index contributed by atoms with van der Waals surface area (Å²) in [6.07, 6.45) is 5.23. The summed E-state index contributed by atoms with van der Waals surface area (Å²) in [5, 5.41) is 7.18. The van der Waals surface area contributed by atoms with Crippen LogP contribution in [0.1, 0.15) is 54.7 Å². The number of unbranched alkanes of at least 4 members (excludes halogenated alkanes) is 1. The summed E-state index contributed by atoms with van der Waals surface area (Å²) >= 11 is 0. The third-order valence-corrected chi connectivity index (χ3v) is 4.08. The third kappa shape index (κ3) is 4.37. The average molecular weight is 329 g/mol. The second-order valence-corrected chi connectivity index (χ2v) is 6.26. The summed E-state index contributed by atoms with van der Waals surface area (Å²) in [6.45, 7) is 8.05. The van der Waals surface area contributed by atoms with Gasteiger partial charge in [-0.3, -0.25) is 9.48 Å². The Bertz CT molecular complexity index is 707. The number of carbonyl (C=O) groups excluding carboxylic acids is 1. The van der Waals surface area contributed by atoms with E-state index in [1.54, 1.807) is 17.9 Å². The topological polar surface area (TPSA) is 56.1 Å². The van der Waals surface area contributed by atoms with E-state index < -0.39 is 0 Å². The summed E-state index contributed by atoms with van der Waals surface area (Å²) in [4.78, 5) is 12.5. The first kappa shape index (κ1) is 18.0. The zero-order valence-corrected chi connectivity index (χ0v) is 15.2. The maximum absolute atomic E-state index is 12.5. The quantitative estimate of drug-likeness (QED) is 0.826. The van der Waals surface area contributed by atoms with Crippen molar-refractivity contribution in [1.82, 2.24) is 9.78 Å². The molecule has 0 spiro atoms. The molecular weight excluding hydrogens is 302 g/mol. The normalized spacial score (nSPS) is 12.0. The van der Waals surface area contributed by atoms with Crippen LogP contribution >= 0.6 is 0 Å². The number of anilines is 1. The van der Waals surface area contributed by atoms with E-state index in [-0.39, 0.29) is 12.0 Å². The van der Waals surface area contributed by atoms with Gasteiger partial charge in [-0.1, -0.05) is 25.8 Å². The fraction of sp³-hybridized carbons (Fsp3) is 0.474. The molecule has 0 radical (unpaired) electrons. The predicted octanol–water partition coefficient (Wildman–Crippen LogP) is 4.25. The molecule has 5 nitrogen and oxygen atoms in total. The van der Waals surface area contributed by atoms with Crippen LogP contribution in [0.2, 0.25) is 0 Å². The number of hydrogen-bond acceptors (Lipinski definition) is 3. The van der Waals surface area contributed by atoms with Crippen molar-refractivity contribution in [2.24, 2.45) is 7.05 Å². The van der Waals surface area contributed by atoms with E-state index in [1.807, 2.05) is 32.0 Å². The van der Waals surface area contributed by atoms with Crippen LogP contribution in [0.4, 0.5) is 5.69 Å². The summed E-state index contributed by atoms with van der Waals surface area (Å²) in [5.74, 6) is 0.666. The number of carbonyl (C=O) groups is 1. The lowest BCUT2D eigenvalue weighted by molar-refractivity contribution is 0.102. The summed E-state index contributed by atoms with van der Waals surface area (Å²) in [6, 6.07) is 5.74. The first-order valence-corrected chi connectivity index (χ1v) is 8.50. The van der Waals surface area contributed by atoms with Crippen LogP contribution in [0.5, 0.6) is 5.75 Å². The molecule has 1 atom stereocenters. The van der Waals surface area contributed by atoms with Gasteiger partial charge in [-0.25, -0.2) is 0 Å². The Morgan fingerprint density at radius 1 is 1.38 bits per heavy atom. The van der Waals surface area contributed by atoms with E-state index in [2.05, 4.69) is 24.3 Å². The molecule has 130 valence electrons. The van der Waals surface area contributed by atoms with Crippen molar-refractivity contribution in [2.75, 3.05) is 5.32 Å². The molecule has 0 aliphatic heterocycles. The number of rotatable bonds is 7. The van der Waals surface area contributed by atoms with E-state index in [9.17, 15) is 4.79 Å². The van der Waals surface area contributed by atoms with Crippen LogP contribution < -0.4 is 10.1 Å². The predicted molar refractivity (Wildman–Crippen MR) is 96.7 cm³/mol. The summed E-state index contributed by atoms with van der Waals surface area (Å²) in [5.41, 5.74) is 3.01. The molecule has 1 amide bonds. The van der Waals surface area contributed by atoms with E-state index in [1.165, 1.54) is 0 Å². The van der Waals surface area contributed by atoms with E-state index in [0.29, 0.717) is 11.3 Å².